The fraction of sp³-hybridized carbons (Fsp3) is 0.316. The number of nitrogen functional groups attached to an aromatic ring is 1. The first-order valence-corrected chi connectivity index (χ1v) is 8.44. The first-order valence-electron chi connectivity index (χ1n) is 8.44. The number of nitrogens with one attached hydrogen (secondary N) is 1. The zero-order valence-electron chi connectivity index (χ0n) is 15.5. The van der Waals surface area contributed by atoms with E-state index in [0.717, 1.165) is 12.8 Å². The lowest BCUT2D eigenvalue weighted by molar-refractivity contribution is -0.116. The molecule has 142 valence electrons. The topological polar surface area (TPSA) is 119 Å². The van der Waals surface area contributed by atoms with Crippen molar-refractivity contribution in [2.75, 3.05) is 25.3 Å². The van der Waals surface area contributed by atoms with Crippen molar-refractivity contribution in [1.29, 1.82) is 5.26 Å². The molecule has 27 heavy (non-hydrogen) atoms. The number of ether oxygens (including phenoxy) is 2. The van der Waals surface area contributed by atoms with Crippen LogP contribution >= 0.6 is 0 Å². The second-order valence-electron chi connectivity index (χ2n) is 5.81. The number of aromatic nitrogens is 1. The molecule has 0 aliphatic rings. The van der Waals surface area contributed by atoms with E-state index in [0.29, 0.717) is 23.5 Å². The molecule has 0 spiro atoms. The van der Waals surface area contributed by atoms with E-state index in [2.05, 4.69) is 5.32 Å². The molecule has 0 atom stereocenters. The van der Waals surface area contributed by atoms with Crippen LogP contribution in [0.4, 0.5) is 11.4 Å². The number of nitrogens with two attached hydrogens (primary N) is 1. The lowest BCUT2D eigenvalue weighted by Crippen LogP contribution is -2.13. The van der Waals surface area contributed by atoms with Crippen molar-refractivity contribution in [3.63, 3.8) is 0 Å². The van der Waals surface area contributed by atoms with Gasteiger partial charge in [-0.2, -0.15) is 5.26 Å². The van der Waals surface area contributed by atoms with E-state index in [9.17, 15) is 14.9 Å². The SMILES string of the molecule is CCCCC(=O)Nc1cc(-n2cc(C#N)c(N)c2C(=O)OC)ccc1OC. The molecule has 1 aromatic heterocycles. The second-order valence-corrected chi connectivity index (χ2v) is 5.81. The summed E-state index contributed by atoms with van der Waals surface area (Å²) in [5.74, 6) is -0.326. The van der Waals surface area contributed by atoms with Crippen LogP contribution in [0.25, 0.3) is 5.69 Å². The van der Waals surface area contributed by atoms with Crippen LogP contribution in [0.15, 0.2) is 24.4 Å². The van der Waals surface area contributed by atoms with Crippen LogP contribution in [-0.2, 0) is 9.53 Å². The summed E-state index contributed by atoms with van der Waals surface area (Å²) in [6.07, 6.45) is 3.53. The standard InChI is InChI=1S/C19H22N4O4/c1-4-5-6-16(24)22-14-9-13(7-8-15(14)26-2)23-11-12(10-20)17(21)18(23)19(25)27-3/h7-9,11H,4-6,21H2,1-3H3,(H,22,24). The summed E-state index contributed by atoms with van der Waals surface area (Å²) in [4.78, 5) is 24.2. The maximum Gasteiger partial charge on any atom is 0.357 e. The first kappa shape index (κ1) is 19.8. The fourth-order valence-corrected chi connectivity index (χ4v) is 2.61. The zero-order chi connectivity index (χ0) is 20.0. The van der Waals surface area contributed by atoms with Crippen molar-refractivity contribution in [3.8, 4) is 17.5 Å². The average Bonchev–Trinajstić information content (AvgIpc) is 3.02. The van der Waals surface area contributed by atoms with Gasteiger partial charge in [0.1, 0.15) is 11.8 Å². The van der Waals surface area contributed by atoms with Crippen molar-refractivity contribution in [3.05, 3.63) is 35.7 Å². The van der Waals surface area contributed by atoms with Gasteiger partial charge in [-0.25, -0.2) is 4.79 Å². The highest BCUT2D eigenvalue weighted by Gasteiger charge is 2.22. The normalized spacial score (nSPS) is 10.1. The summed E-state index contributed by atoms with van der Waals surface area (Å²) in [7, 11) is 2.73. The number of hydrogen-bond acceptors (Lipinski definition) is 6. The van der Waals surface area contributed by atoms with Crippen LogP contribution in [0.5, 0.6) is 5.75 Å². The maximum absolute atomic E-state index is 12.1. The molecular weight excluding hydrogens is 348 g/mol. The Morgan fingerprint density at radius 2 is 2.07 bits per heavy atom. The van der Waals surface area contributed by atoms with Crippen LogP contribution in [-0.4, -0.2) is 30.7 Å². The Morgan fingerprint density at radius 3 is 2.67 bits per heavy atom. The van der Waals surface area contributed by atoms with Gasteiger partial charge in [-0.1, -0.05) is 13.3 Å². The third-order valence-corrected chi connectivity index (χ3v) is 4.04. The van der Waals surface area contributed by atoms with Gasteiger partial charge in [-0.15, -0.1) is 0 Å². The van der Waals surface area contributed by atoms with Crippen molar-refractivity contribution in [1.82, 2.24) is 4.57 Å². The summed E-state index contributed by atoms with van der Waals surface area (Å²) in [5.41, 5.74) is 7.13. The Morgan fingerprint density at radius 1 is 1.33 bits per heavy atom. The number of unbranched alkanes of at least 4 members (excludes halogenated alkanes) is 1. The molecule has 0 bridgehead atoms. The smallest absolute Gasteiger partial charge is 0.357 e. The molecule has 8 nitrogen and oxygen atoms in total. The maximum atomic E-state index is 12.1. The monoisotopic (exact) mass is 370 g/mol. The Kier molecular flexibility index (Phi) is 6.44. The molecule has 3 N–H and O–H groups in total. The van der Waals surface area contributed by atoms with Crippen LogP contribution in [0, 0.1) is 11.3 Å². The highest BCUT2D eigenvalue weighted by atomic mass is 16.5. The van der Waals surface area contributed by atoms with E-state index in [-0.39, 0.29) is 22.9 Å². The number of amides is 1. The number of methoxy groups -OCH3 is 2. The number of carbonyl (C=O) groups is 2. The lowest BCUT2D eigenvalue weighted by atomic mass is 10.2. The van der Waals surface area contributed by atoms with E-state index in [1.54, 1.807) is 18.2 Å². The van der Waals surface area contributed by atoms with E-state index in [4.69, 9.17) is 15.2 Å². The van der Waals surface area contributed by atoms with Crippen molar-refractivity contribution in [2.24, 2.45) is 0 Å². The van der Waals surface area contributed by atoms with Crippen LogP contribution in [0.1, 0.15) is 42.2 Å². The van der Waals surface area contributed by atoms with Gasteiger partial charge in [0.25, 0.3) is 0 Å². The molecule has 0 aliphatic heterocycles. The molecule has 0 saturated heterocycles. The summed E-state index contributed by atoms with van der Waals surface area (Å²) < 4.78 is 11.5. The Labute approximate surface area is 157 Å². The highest BCUT2D eigenvalue weighted by Crippen LogP contribution is 2.31. The van der Waals surface area contributed by atoms with Gasteiger partial charge < -0.3 is 25.1 Å². The summed E-state index contributed by atoms with van der Waals surface area (Å²) in [5, 5.41) is 12.0. The van der Waals surface area contributed by atoms with Crippen molar-refractivity contribution < 1.29 is 19.1 Å². The number of hydrogen-bond donors (Lipinski definition) is 2. The predicted molar refractivity (Wildman–Crippen MR) is 101 cm³/mol. The number of carbonyl (C=O) groups excluding carboxylic acids is 2. The molecule has 1 aromatic carbocycles. The summed E-state index contributed by atoms with van der Waals surface area (Å²) >= 11 is 0. The molecule has 0 saturated carbocycles. The Bertz CT molecular complexity index is 896. The average molecular weight is 370 g/mol. The molecule has 1 heterocycles. The molecule has 1 amide bonds. The second kappa shape index (κ2) is 8.76. The van der Waals surface area contributed by atoms with Gasteiger partial charge in [0.15, 0.2) is 5.69 Å². The van der Waals surface area contributed by atoms with E-state index >= 15 is 0 Å². The molecular formula is C19H22N4O4. The quantitative estimate of drug-likeness (QED) is 0.723. The van der Waals surface area contributed by atoms with Crippen LogP contribution in [0.2, 0.25) is 0 Å². The fourth-order valence-electron chi connectivity index (χ4n) is 2.61. The molecule has 0 radical (unpaired) electrons. The van der Waals surface area contributed by atoms with Crippen LogP contribution in [0.3, 0.4) is 0 Å². The first-order chi connectivity index (χ1) is 13.0. The molecule has 2 aromatic rings. The Balaban J connectivity index is 2.51. The van der Waals surface area contributed by atoms with Gasteiger partial charge in [0.2, 0.25) is 5.91 Å². The zero-order valence-corrected chi connectivity index (χ0v) is 15.5. The minimum Gasteiger partial charge on any atom is -0.495 e. The van der Waals surface area contributed by atoms with Gasteiger partial charge >= 0.3 is 5.97 Å². The predicted octanol–water partition coefficient (Wildman–Crippen LogP) is 2.86. The molecule has 0 fully saturated rings. The molecule has 2 rings (SSSR count). The van der Waals surface area contributed by atoms with E-state index in [1.807, 2.05) is 13.0 Å². The summed E-state index contributed by atoms with van der Waals surface area (Å²) in [6, 6.07) is 6.95. The van der Waals surface area contributed by atoms with Crippen molar-refractivity contribution in [2.45, 2.75) is 26.2 Å². The summed E-state index contributed by atoms with van der Waals surface area (Å²) in [6.45, 7) is 2.01. The third kappa shape index (κ3) is 4.20. The lowest BCUT2D eigenvalue weighted by Gasteiger charge is -2.14. The number of rotatable bonds is 7. The third-order valence-electron chi connectivity index (χ3n) is 4.04. The number of nitrogens with zero attached hydrogens (tertiary/aromatic N) is 2. The van der Waals surface area contributed by atoms with Gasteiger partial charge in [0.05, 0.1) is 31.2 Å². The number of anilines is 2. The largest absolute Gasteiger partial charge is 0.495 e. The number of esters is 1. The molecule has 0 aliphatic carbocycles. The molecule has 0 unspecified atom stereocenters. The van der Waals surface area contributed by atoms with Gasteiger partial charge in [0, 0.05) is 18.3 Å². The van der Waals surface area contributed by atoms with Crippen molar-refractivity contribution >= 4 is 23.3 Å². The minimum atomic E-state index is -0.668. The Hall–Kier alpha value is -3.47. The van der Waals surface area contributed by atoms with Crippen LogP contribution < -0.4 is 15.8 Å². The number of benzene rings is 1. The highest BCUT2D eigenvalue weighted by molar-refractivity contribution is 5.96. The number of nitriles is 1. The van der Waals surface area contributed by atoms with E-state index in [1.165, 1.54) is 25.0 Å². The molecule has 8 heteroatoms. The van der Waals surface area contributed by atoms with Gasteiger partial charge in [-0.3, -0.25) is 4.79 Å². The van der Waals surface area contributed by atoms with Gasteiger partial charge in [-0.05, 0) is 24.6 Å². The van der Waals surface area contributed by atoms with E-state index < -0.39 is 5.97 Å². The minimum absolute atomic E-state index is 0.0358.